The number of benzene rings is 3. The number of anilines is 2. The molecule has 5 heterocycles. The quantitative estimate of drug-likeness (QED) is 0.127. The molecule has 2 fully saturated rings. The summed E-state index contributed by atoms with van der Waals surface area (Å²) in [7, 11) is 1.64. The molecule has 318 valence electrons. The number of aromatic carboxylic acids is 1. The maximum Gasteiger partial charge on any atom is 0.335 e. The number of methoxy groups -OCH3 is 1. The van der Waals surface area contributed by atoms with Gasteiger partial charge in [-0.2, -0.15) is 0 Å². The molecule has 13 heteroatoms. The van der Waals surface area contributed by atoms with Crippen LogP contribution in [0.1, 0.15) is 96.0 Å². The predicted octanol–water partition coefficient (Wildman–Crippen LogP) is 9.04. The minimum absolute atomic E-state index is 0.161. The van der Waals surface area contributed by atoms with E-state index >= 15 is 0 Å². The van der Waals surface area contributed by atoms with Crippen LogP contribution in [-0.2, 0) is 25.9 Å². The molecule has 2 aliphatic heterocycles. The third-order valence-electron chi connectivity index (χ3n) is 12.2. The second-order valence-corrected chi connectivity index (χ2v) is 16.2. The largest absolute Gasteiger partial charge is 0.493 e. The Morgan fingerprint density at radius 3 is 2.52 bits per heavy atom. The van der Waals surface area contributed by atoms with Gasteiger partial charge < -0.3 is 28.9 Å². The lowest BCUT2D eigenvalue weighted by molar-refractivity contribution is 0.0697. The molecule has 0 amide bonds. The van der Waals surface area contributed by atoms with Crippen molar-refractivity contribution in [3.63, 3.8) is 0 Å². The molecule has 0 unspecified atom stereocenters. The molecule has 1 N–H and O–H groups in total. The van der Waals surface area contributed by atoms with Crippen molar-refractivity contribution in [1.29, 1.82) is 0 Å². The number of ether oxygens (including phenoxy) is 2. The number of carboxylic acids is 1. The number of fused-ring (bicyclic) bond motifs is 2. The molecule has 6 aromatic rings. The van der Waals surface area contributed by atoms with Gasteiger partial charge in [-0.25, -0.2) is 14.2 Å². The lowest BCUT2D eigenvalue weighted by Gasteiger charge is -2.31. The molecule has 9 rings (SSSR count). The van der Waals surface area contributed by atoms with Gasteiger partial charge in [0.1, 0.15) is 11.6 Å². The van der Waals surface area contributed by atoms with Crippen LogP contribution in [0.3, 0.4) is 0 Å². The molecule has 0 bridgehead atoms. The molecule has 1 aliphatic carbocycles. The van der Waals surface area contributed by atoms with Crippen molar-refractivity contribution in [3.8, 4) is 11.5 Å². The highest BCUT2D eigenvalue weighted by atomic mass is 19.1. The van der Waals surface area contributed by atoms with Gasteiger partial charge in [0.05, 0.1) is 24.5 Å². The summed E-state index contributed by atoms with van der Waals surface area (Å²) < 4.78 is 32.4. The first kappa shape index (κ1) is 41.6. The van der Waals surface area contributed by atoms with Gasteiger partial charge >= 0.3 is 5.97 Å². The van der Waals surface area contributed by atoms with Gasteiger partial charge in [-0.15, -0.1) is 0 Å². The number of rotatable bonds is 12. The summed E-state index contributed by atoms with van der Waals surface area (Å²) in [6, 6.07) is 21.3. The zero-order valence-electron chi connectivity index (χ0n) is 34.9. The Hall–Kier alpha value is -6.08. The van der Waals surface area contributed by atoms with Crippen LogP contribution in [-0.4, -0.2) is 68.5 Å². The molecular formula is C48H53FN6O6. The van der Waals surface area contributed by atoms with E-state index in [0.29, 0.717) is 29.5 Å². The van der Waals surface area contributed by atoms with E-state index in [2.05, 4.69) is 19.9 Å². The fraction of sp³-hybridized carbons (Fsp3) is 0.396. The summed E-state index contributed by atoms with van der Waals surface area (Å²) >= 11 is 0. The maximum atomic E-state index is 13.4. The average molecular weight is 829 g/mol. The molecule has 1 saturated heterocycles. The first-order chi connectivity index (χ1) is 29.7. The fourth-order valence-electron chi connectivity index (χ4n) is 8.87. The van der Waals surface area contributed by atoms with Gasteiger partial charge in [-0.3, -0.25) is 14.3 Å². The molecule has 3 aliphatic rings. The number of piperidine rings is 1. The molecular weight excluding hydrogens is 776 g/mol. The standard InChI is InChI=1S/C25H26N2O4.C23H27FN4O2/c1-30-23-12-11-21(15-24(23)31-22-9-2-3-10-22)27(17-18-6-5-13-26-16-18)20-8-4-7-19(14-20)25(28)29;1-15-18(23(29)28-10-3-2-4-21(28)25-15)9-13-27-11-7-16(8-12-27)22-19-6-5-17(24)14-20(19)30-26-22/h4-8,11-16,22H,2-3,9-10,17H2,1H3,(H,28,29);5-6,14,16H,2-4,7-13H2,1H3. The SMILES string of the molecule is COc1ccc(N(Cc2cccnc2)c2cccc(C(=O)O)c2)cc1OC1CCCC1.Cc1nc2n(c(=O)c1CCN1CCC(c3noc4cc(F)ccc34)CC1)CCCC2. The van der Waals surface area contributed by atoms with E-state index in [1.165, 1.54) is 25.0 Å². The normalized spacial score (nSPS) is 15.9. The minimum Gasteiger partial charge on any atom is -0.493 e. The van der Waals surface area contributed by atoms with Crippen LogP contribution in [0.2, 0.25) is 0 Å². The average Bonchev–Trinajstić information content (AvgIpc) is 3.96. The number of carboxylic acid groups (broad SMARTS) is 1. The van der Waals surface area contributed by atoms with E-state index in [0.717, 1.165) is 123 Å². The summed E-state index contributed by atoms with van der Waals surface area (Å²) in [5.41, 5.74) is 6.30. The Labute approximate surface area is 354 Å². The number of halogens is 1. The topological polar surface area (TPSA) is 136 Å². The minimum atomic E-state index is -0.955. The van der Waals surface area contributed by atoms with Crippen LogP contribution in [0.5, 0.6) is 11.5 Å². The van der Waals surface area contributed by atoms with Gasteiger partial charge in [0.15, 0.2) is 17.1 Å². The highest BCUT2D eigenvalue weighted by Gasteiger charge is 2.26. The second-order valence-electron chi connectivity index (χ2n) is 16.2. The molecule has 0 radical (unpaired) electrons. The van der Waals surface area contributed by atoms with Crippen molar-refractivity contribution in [1.82, 2.24) is 24.6 Å². The van der Waals surface area contributed by atoms with Crippen LogP contribution >= 0.6 is 0 Å². The number of hydrogen-bond acceptors (Lipinski definition) is 10. The lowest BCUT2D eigenvalue weighted by Crippen LogP contribution is -2.37. The summed E-state index contributed by atoms with van der Waals surface area (Å²) in [5.74, 6) is 1.42. The first-order valence-electron chi connectivity index (χ1n) is 21.4. The highest BCUT2D eigenvalue weighted by Crippen LogP contribution is 2.38. The Balaban J connectivity index is 0.000000168. The first-order valence-corrected chi connectivity index (χ1v) is 21.4. The van der Waals surface area contributed by atoms with Gasteiger partial charge in [-0.05, 0) is 132 Å². The van der Waals surface area contributed by atoms with Crippen molar-refractivity contribution in [2.75, 3.05) is 31.6 Å². The summed E-state index contributed by atoms with van der Waals surface area (Å²) in [4.78, 5) is 37.9. The van der Waals surface area contributed by atoms with Crippen LogP contribution in [0, 0.1) is 12.7 Å². The number of hydrogen-bond donors (Lipinski definition) is 1. The van der Waals surface area contributed by atoms with Crippen LogP contribution in [0.4, 0.5) is 15.8 Å². The monoisotopic (exact) mass is 828 g/mol. The van der Waals surface area contributed by atoms with E-state index in [-0.39, 0.29) is 23.0 Å². The number of pyridine rings is 1. The smallest absolute Gasteiger partial charge is 0.335 e. The predicted molar refractivity (Wildman–Crippen MR) is 232 cm³/mol. The Bertz CT molecular complexity index is 2510. The summed E-state index contributed by atoms with van der Waals surface area (Å²) in [6.07, 6.45) is 14.0. The van der Waals surface area contributed by atoms with Crippen molar-refractivity contribution < 1.29 is 28.3 Å². The van der Waals surface area contributed by atoms with E-state index in [1.807, 2.05) is 54.1 Å². The van der Waals surface area contributed by atoms with E-state index < -0.39 is 5.97 Å². The zero-order chi connectivity index (χ0) is 42.3. The Kier molecular flexibility index (Phi) is 13.0. The number of aromatic nitrogens is 4. The number of nitrogens with zero attached hydrogens (tertiary/aromatic N) is 6. The molecule has 12 nitrogen and oxygen atoms in total. The fourth-order valence-corrected chi connectivity index (χ4v) is 8.87. The van der Waals surface area contributed by atoms with Gasteiger partial charge in [0, 0.05) is 84.5 Å². The third-order valence-corrected chi connectivity index (χ3v) is 12.2. The van der Waals surface area contributed by atoms with Crippen LogP contribution in [0.15, 0.2) is 94.5 Å². The second kappa shape index (κ2) is 19.1. The van der Waals surface area contributed by atoms with Crippen molar-refractivity contribution in [3.05, 3.63) is 135 Å². The van der Waals surface area contributed by atoms with Crippen LogP contribution in [0.25, 0.3) is 11.0 Å². The van der Waals surface area contributed by atoms with Gasteiger partial charge in [0.25, 0.3) is 5.56 Å². The molecule has 3 aromatic carbocycles. The van der Waals surface area contributed by atoms with Crippen molar-refractivity contribution >= 4 is 28.3 Å². The molecule has 61 heavy (non-hydrogen) atoms. The van der Waals surface area contributed by atoms with Crippen molar-refractivity contribution in [2.45, 2.75) is 96.2 Å². The molecule has 0 atom stereocenters. The Morgan fingerprint density at radius 2 is 1.75 bits per heavy atom. The third kappa shape index (κ3) is 9.78. The maximum absolute atomic E-state index is 13.4. The zero-order valence-corrected chi connectivity index (χ0v) is 34.9. The van der Waals surface area contributed by atoms with E-state index in [4.69, 9.17) is 19.0 Å². The van der Waals surface area contributed by atoms with E-state index in [9.17, 15) is 19.1 Å². The summed E-state index contributed by atoms with van der Waals surface area (Å²) in [5, 5.41) is 14.6. The summed E-state index contributed by atoms with van der Waals surface area (Å²) in [6.45, 7) is 6.09. The van der Waals surface area contributed by atoms with E-state index in [1.54, 1.807) is 37.6 Å². The van der Waals surface area contributed by atoms with Gasteiger partial charge in [0.2, 0.25) is 0 Å². The molecule has 1 saturated carbocycles. The molecule has 3 aromatic heterocycles. The number of carbonyl (C=O) groups is 1. The highest BCUT2D eigenvalue weighted by molar-refractivity contribution is 5.89. The lowest BCUT2D eigenvalue weighted by atomic mass is 9.91. The Morgan fingerprint density at radius 1 is 0.934 bits per heavy atom. The number of aryl methyl sites for hydroxylation is 2. The van der Waals surface area contributed by atoms with Crippen LogP contribution < -0.4 is 19.9 Å². The van der Waals surface area contributed by atoms with Gasteiger partial charge in [-0.1, -0.05) is 17.3 Å². The van der Waals surface area contributed by atoms with Crippen molar-refractivity contribution in [2.24, 2.45) is 0 Å². The number of likely N-dealkylation sites (tertiary alicyclic amines) is 1. The molecule has 0 spiro atoms.